The van der Waals surface area contributed by atoms with E-state index < -0.39 is 12.0 Å². The third-order valence-corrected chi connectivity index (χ3v) is 6.40. The Morgan fingerprint density at radius 1 is 1.03 bits per heavy atom. The summed E-state index contributed by atoms with van der Waals surface area (Å²) < 4.78 is 13.4. The second-order valence-corrected chi connectivity index (χ2v) is 9.10. The van der Waals surface area contributed by atoms with Crippen LogP contribution in [0.4, 0.5) is 5.95 Å². The molecule has 2 heterocycles. The highest BCUT2D eigenvalue weighted by molar-refractivity contribution is 6.35. The Hall–Kier alpha value is -3.81. The van der Waals surface area contributed by atoms with Crippen LogP contribution in [0.15, 0.2) is 90.4 Å². The van der Waals surface area contributed by atoms with E-state index in [-0.39, 0.29) is 13.2 Å². The number of allylic oxidation sites excluding steroid dienone is 1. The molecule has 1 aliphatic heterocycles. The second-order valence-electron chi connectivity index (χ2n) is 8.25. The van der Waals surface area contributed by atoms with E-state index in [1.165, 1.54) is 6.33 Å². The summed E-state index contributed by atoms with van der Waals surface area (Å²) in [5, 5.41) is 8.62. The Balaban J connectivity index is 1.42. The summed E-state index contributed by atoms with van der Waals surface area (Å²) >= 11 is 12.3. The predicted octanol–water partition coefficient (Wildman–Crippen LogP) is 6.20. The highest BCUT2D eigenvalue weighted by Crippen LogP contribution is 2.36. The summed E-state index contributed by atoms with van der Waals surface area (Å²) in [6, 6.07) is 21.8. The Kier molecular flexibility index (Phi) is 6.93. The summed E-state index contributed by atoms with van der Waals surface area (Å²) in [5.74, 6) is 0.721. The van der Waals surface area contributed by atoms with Crippen LogP contribution in [0, 0.1) is 0 Å². The molecule has 1 unspecified atom stereocenters. The van der Waals surface area contributed by atoms with Crippen molar-refractivity contribution >= 4 is 35.1 Å². The van der Waals surface area contributed by atoms with Gasteiger partial charge in [-0.2, -0.15) is 10.1 Å². The van der Waals surface area contributed by atoms with Gasteiger partial charge in [0.2, 0.25) is 5.95 Å². The number of ether oxygens (including phenoxy) is 2. The maximum absolute atomic E-state index is 13.3. The average Bonchev–Trinajstić information content (AvgIpc) is 3.35. The SMILES string of the molecule is CC1=C(C(=O)OCc2ccccc2)C(c2cccc(OCc3ccc(Cl)cc3Cl)c2)n2ncnc2N1. The van der Waals surface area contributed by atoms with E-state index >= 15 is 0 Å². The fraction of sp³-hybridized carbons (Fsp3) is 0.148. The van der Waals surface area contributed by atoms with Gasteiger partial charge in [-0.15, -0.1) is 0 Å². The van der Waals surface area contributed by atoms with Crippen LogP contribution in [-0.2, 0) is 22.7 Å². The summed E-state index contributed by atoms with van der Waals surface area (Å²) in [6.45, 7) is 2.26. The van der Waals surface area contributed by atoms with Gasteiger partial charge in [-0.05, 0) is 42.3 Å². The second kappa shape index (κ2) is 10.4. The zero-order chi connectivity index (χ0) is 25.1. The highest BCUT2D eigenvalue weighted by Gasteiger charge is 2.34. The van der Waals surface area contributed by atoms with Crippen molar-refractivity contribution in [2.45, 2.75) is 26.2 Å². The maximum Gasteiger partial charge on any atom is 0.338 e. The minimum atomic E-state index is -0.547. The number of halogens is 2. The van der Waals surface area contributed by atoms with Gasteiger partial charge in [0.1, 0.15) is 31.3 Å². The first-order valence-corrected chi connectivity index (χ1v) is 12.0. The normalized spacial score (nSPS) is 14.7. The number of hydrogen-bond donors (Lipinski definition) is 1. The molecule has 0 radical (unpaired) electrons. The molecule has 9 heteroatoms. The molecule has 0 fully saturated rings. The molecular formula is C27H22Cl2N4O3. The van der Waals surface area contributed by atoms with Crippen molar-refractivity contribution in [2.24, 2.45) is 0 Å². The van der Waals surface area contributed by atoms with Crippen LogP contribution in [0.25, 0.3) is 0 Å². The van der Waals surface area contributed by atoms with E-state index in [1.54, 1.807) is 16.8 Å². The van der Waals surface area contributed by atoms with Crippen LogP contribution in [-0.4, -0.2) is 20.7 Å². The van der Waals surface area contributed by atoms with Crippen molar-refractivity contribution in [3.05, 3.63) is 117 Å². The van der Waals surface area contributed by atoms with Gasteiger partial charge in [0.15, 0.2) is 0 Å². The van der Waals surface area contributed by atoms with Gasteiger partial charge in [-0.25, -0.2) is 9.48 Å². The Morgan fingerprint density at radius 3 is 2.67 bits per heavy atom. The quantitative estimate of drug-likeness (QED) is 0.292. The number of rotatable bonds is 7. The van der Waals surface area contributed by atoms with Gasteiger partial charge < -0.3 is 14.8 Å². The monoisotopic (exact) mass is 520 g/mol. The molecule has 3 aromatic carbocycles. The minimum Gasteiger partial charge on any atom is -0.489 e. The van der Waals surface area contributed by atoms with E-state index in [0.29, 0.717) is 33.0 Å². The fourth-order valence-electron chi connectivity index (χ4n) is 4.04. The number of nitrogens with one attached hydrogen (secondary N) is 1. The van der Waals surface area contributed by atoms with E-state index in [0.717, 1.165) is 16.7 Å². The molecule has 0 bridgehead atoms. The molecule has 1 aliphatic rings. The molecule has 7 nitrogen and oxygen atoms in total. The number of hydrogen-bond acceptors (Lipinski definition) is 6. The van der Waals surface area contributed by atoms with Crippen LogP contribution in [0.1, 0.15) is 29.7 Å². The number of esters is 1. The van der Waals surface area contributed by atoms with Gasteiger partial charge in [0.25, 0.3) is 0 Å². The van der Waals surface area contributed by atoms with Gasteiger partial charge >= 0.3 is 5.97 Å². The van der Waals surface area contributed by atoms with E-state index in [4.69, 9.17) is 32.7 Å². The third kappa shape index (κ3) is 5.08. The average molecular weight is 521 g/mol. The molecule has 0 amide bonds. The van der Waals surface area contributed by atoms with Crippen LogP contribution >= 0.6 is 23.2 Å². The zero-order valence-corrected chi connectivity index (χ0v) is 20.8. The number of carbonyl (C=O) groups excluding carboxylic acids is 1. The first kappa shape index (κ1) is 23.9. The fourth-order valence-corrected chi connectivity index (χ4v) is 4.50. The highest BCUT2D eigenvalue weighted by atomic mass is 35.5. The first-order chi connectivity index (χ1) is 17.5. The van der Waals surface area contributed by atoms with Gasteiger partial charge in [0, 0.05) is 21.3 Å². The number of fused-ring (bicyclic) bond motifs is 1. The van der Waals surface area contributed by atoms with E-state index in [9.17, 15) is 4.79 Å². The topological polar surface area (TPSA) is 78.3 Å². The Labute approximate surface area is 218 Å². The Bertz CT molecular complexity index is 1440. The molecule has 5 rings (SSSR count). The van der Waals surface area contributed by atoms with Crippen molar-refractivity contribution in [3.63, 3.8) is 0 Å². The van der Waals surface area contributed by atoms with Crippen molar-refractivity contribution in [1.82, 2.24) is 14.8 Å². The lowest BCUT2D eigenvalue weighted by molar-refractivity contribution is -0.140. The molecule has 4 aromatic rings. The standard InChI is InChI=1S/C27H22Cl2N4O3/c1-17-24(26(34)36-14-18-6-3-2-4-7-18)25(33-27(32-17)30-16-31-33)19-8-5-9-22(12-19)35-15-20-10-11-21(28)13-23(20)29/h2-13,16,25H,14-15H2,1H3,(H,30,31,32). The molecule has 36 heavy (non-hydrogen) atoms. The van der Waals surface area contributed by atoms with E-state index in [1.807, 2.05) is 67.6 Å². The Morgan fingerprint density at radius 2 is 1.86 bits per heavy atom. The van der Waals surface area contributed by atoms with Gasteiger partial charge in [0.05, 0.1) is 5.57 Å². The predicted molar refractivity (Wildman–Crippen MR) is 138 cm³/mol. The summed E-state index contributed by atoms with van der Waals surface area (Å²) in [4.78, 5) is 17.6. The van der Waals surface area contributed by atoms with Crippen molar-refractivity contribution < 1.29 is 14.3 Å². The molecule has 0 saturated carbocycles. The lowest BCUT2D eigenvalue weighted by Crippen LogP contribution is -2.29. The number of anilines is 1. The molecule has 0 spiro atoms. The van der Waals surface area contributed by atoms with E-state index in [2.05, 4.69) is 15.4 Å². The van der Waals surface area contributed by atoms with Crippen LogP contribution in [0.2, 0.25) is 10.0 Å². The number of nitrogens with zero attached hydrogens (tertiary/aromatic N) is 3. The van der Waals surface area contributed by atoms with Crippen LogP contribution in [0.5, 0.6) is 5.75 Å². The lowest BCUT2D eigenvalue weighted by atomic mass is 9.95. The molecule has 1 N–H and O–H groups in total. The summed E-state index contributed by atoms with van der Waals surface area (Å²) in [5.41, 5.74) is 3.61. The molecule has 0 saturated heterocycles. The number of benzene rings is 3. The van der Waals surface area contributed by atoms with Crippen molar-refractivity contribution in [1.29, 1.82) is 0 Å². The molecule has 182 valence electrons. The minimum absolute atomic E-state index is 0.165. The lowest BCUT2D eigenvalue weighted by Gasteiger charge is -2.28. The third-order valence-electron chi connectivity index (χ3n) is 5.81. The number of aromatic nitrogens is 3. The first-order valence-electron chi connectivity index (χ1n) is 11.2. The largest absolute Gasteiger partial charge is 0.489 e. The van der Waals surface area contributed by atoms with Gasteiger partial charge in [-0.1, -0.05) is 71.7 Å². The van der Waals surface area contributed by atoms with Crippen LogP contribution < -0.4 is 10.1 Å². The summed E-state index contributed by atoms with van der Waals surface area (Å²) in [7, 11) is 0. The van der Waals surface area contributed by atoms with Crippen molar-refractivity contribution in [2.75, 3.05) is 5.32 Å². The van der Waals surface area contributed by atoms with Crippen LogP contribution in [0.3, 0.4) is 0 Å². The van der Waals surface area contributed by atoms with Gasteiger partial charge in [-0.3, -0.25) is 0 Å². The zero-order valence-electron chi connectivity index (χ0n) is 19.3. The maximum atomic E-state index is 13.3. The molecule has 1 aromatic heterocycles. The molecule has 0 aliphatic carbocycles. The summed E-state index contributed by atoms with van der Waals surface area (Å²) in [6.07, 6.45) is 1.45. The smallest absolute Gasteiger partial charge is 0.338 e. The number of carbonyl (C=O) groups is 1. The molecular weight excluding hydrogens is 499 g/mol. The molecule has 1 atom stereocenters. The van der Waals surface area contributed by atoms with Crippen molar-refractivity contribution in [3.8, 4) is 5.75 Å².